The number of hydrogen-bond donors (Lipinski definition) is 1. The number of nitrogens with two attached hydrogens (primary N) is 1. The van der Waals surface area contributed by atoms with Crippen LogP contribution >= 0.6 is 22.9 Å². The topological polar surface area (TPSA) is 63.4 Å². The van der Waals surface area contributed by atoms with Crippen LogP contribution in [0.15, 0.2) is 39.9 Å². The molecular weight excluding hydrogens is 292 g/mol. The minimum atomic E-state index is -3.53. The Kier molecular flexibility index (Phi) is 3.52. The van der Waals surface area contributed by atoms with Gasteiger partial charge < -0.3 is 5.73 Å². The smallest absolute Gasteiger partial charge is 0.273 e. The summed E-state index contributed by atoms with van der Waals surface area (Å²) in [6.45, 7) is 0. The maximum Gasteiger partial charge on any atom is 0.273 e. The van der Waals surface area contributed by atoms with Gasteiger partial charge in [-0.1, -0.05) is 17.7 Å². The lowest BCUT2D eigenvalue weighted by molar-refractivity contribution is 0.596. The Balaban J connectivity index is 2.43. The molecule has 4 nitrogen and oxygen atoms in total. The number of thiophene rings is 1. The number of halogens is 1. The van der Waals surface area contributed by atoms with Crippen molar-refractivity contribution < 1.29 is 8.42 Å². The summed E-state index contributed by atoms with van der Waals surface area (Å²) >= 11 is 6.98. The second-order valence-corrected chi connectivity index (χ2v) is 7.16. The van der Waals surface area contributed by atoms with Crippen molar-refractivity contribution >= 4 is 44.3 Å². The molecule has 0 aliphatic rings. The standard InChI is InChI=1S/C11H11ClN2O2S2/c1-14(8-4-5-9(12)10(13)7-8)18(15,16)11-3-2-6-17-11/h2-7H,13H2,1H3. The number of rotatable bonds is 3. The number of hydrogen-bond acceptors (Lipinski definition) is 4. The van der Waals surface area contributed by atoms with E-state index in [0.29, 0.717) is 20.6 Å². The predicted octanol–water partition coefficient (Wildman–Crippen LogP) is 2.81. The first kappa shape index (κ1) is 13.2. The molecule has 0 saturated carbocycles. The highest BCUT2D eigenvalue weighted by Gasteiger charge is 2.22. The fourth-order valence-corrected chi connectivity index (χ4v) is 3.88. The third-order valence-electron chi connectivity index (χ3n) is 2.45. The monoisotopic (exact) mass is 302 g/mol. The van der Waals surface area contributed by atoms with Crippen LogP contribution in [0, 0.1) is 0 Å². The van der Waals surface area contributed by atoms with E-state index in [9.17, 15) is 8.42 Å². The number of benzene rings is 1. The lowest BCUT2D eigenvalue weighted by Crippen LogP contribution is -2.25. The van der Waals surface area contributed by atoms with Crippen molar-refractivity contribution in [2.24, 2.45) is 0 Å². The second kappa shape index (κ2) is 4.79. The molecule has 0 aliphatic heterocycles. The van der Waals surface area contributed by atoms with Crippen molar-refractivity contribution in [1.82, 2.24) is 0 Å². The molecule has 0 saturated heterocycles. The molecule has 96 valence electrons. The van der Waals surface area contributed by atoms with Gasteiger partial charge in [-0.3, -0.25) is 4.31 Å². The lowest BCUT2D eigenvalue weighted by Gasteiger charge is -2.19. The molecule has 0 spiro atoms. The molecule has 0 amide bonds. The van der Waals surface area contributed by atoms with E-state index >= 15 is 0 Å². The van der Waals surface area contributed by atoms with Crippen molar-refractivity contribution in [1.29, 1.82) is 0 Å². The summed E-state index contributed by atoms with van der Waals surface area (Å²) in [5, 5.41) is 2.12. The highest BCUT2D eigenvalue weighted by atomic mass is 35.5. The Morgan fingerprint density at radius 3 is 2.61 bits per heavy atom. The maximum absolute atomic E-state index is 12.3. The molecule has 2 N–H and O–H groups in total. The number of anilines is 2. The van der Waals surface area contributed by atoms with Gasteiger partial charge in [0.2, 0.25) is 0 Å². The summed E-state index contributed by atoms with van der Waals surface area (Å²) in [7, 11) is -2.04. The average molecular weight is 303 g/mol. The van der Waals surface area contributed by atoms with Crippen molar-refractivity contribution in [3.8, 4) is 0 Å². The highest BCUT2D eigenvalue weighted by Crippen LogP contribution is 2.29. The van der Waals surface area contributed by atoms with E-state index in [1.807, 2.05) is 0 Å². The van der Waals surface area contributed by atoms with Crippen molar-refractivity contribution in [2.75, 3.05) is 17.1 Å². The van der Waals surface area contributed by atoms with Gasteiger partial charge in [-0.2, -0.15) is 0 Å². The van der Waals surface area contributed by atoms with Gasteiger partial charge in [0, 0.05) is 7.05 Å². The summed E-state index contributed by atoms with van der Waals surface area (Å²) in [5.41, 5.74) is 6.50. The maximum atomic E-state index is 12.3. The van der Waals surface area contributed by atoms with Crippen LogP contribution in [-0.4, -0.2) is 15.5 Å². The minimum absolute atomic E-state index is 0.290. The molecule has 18 heavy (non-hydrogen) atoms. The van der Waals surface area contributed by atoms with Gasteiger partial charge in [0.25, 0.3) is 10.0 Å². The van der Waals surface area contributed by atoms with E-state index in [4.69, 9.17) is 17.3 Å². The SMILES string of the molecule is CN(c1ccc(Cl)c(N)c1)S(=O)(=O)c1cccs1. The fourth-order valence-electron chi connectivity index (χ4n) is 1.41. The van der Waals surface area contributed by atoms with E-state index < -0.39 is 10.0 Å². The van der Waals surface area contributed by atoms with Gasteiger partial charge in [-0.05, 0) is 29.6 Å². The molecule has 0 bridgehead atoms. The summed E-state index contributed by atoms with van der Waals surface area (Å²) < 4.78 is 26.0. The molecular formula is C11H11ClN2O2S2. The average Bonchev–Trinajstić information content (AvgIpc) is 2.86. The molecule has 1 aromatic carbocycles. The van der Waals surface area contributed by atoms with E-state index in [1.165, 1.54) is 28.8 Å². The van der Waals surface area contributed by atoms with Crippen LogP contribution in [0.25, 0.3) is 0 Å². The molecule has 1 heterocycles. The van der Waals surface area contributed by atoms with E-state index in [0.717, 1.165) is 0 Å². The molecule has 2 aromatic rings. The first-order valence-corrected chi connectivity index (χ1v) is 7.70. The molecule has 7 heteroatoms. The summed E-state index contributed by atoms with van der Waals surface area (Å²) in [6, 6.07) is 7.99. The van der Waals surface area contributed by atoms with Gasteiger partial charge in [-0.25, -0.2) is 8.42 Å². The minimum Gasteiger partial charge on any atom is -0.397 e. The van der Waals surface area contributed by atoms with E-state index in [2.05, 4.69) is 0 Å². The zero-order valence-corrected chi connectivity index (χ0v) is 11.9. The normalized spacial score (nSPS) is 11.4. The zero-order chi connectivity index (χ0) is 13.3. The molecule has 0 radical (unpaired) electrons. The van der Waals surface area contributed by atoms with Gasteiger partial charge in [0.1, 0.15) is 4.21 Å². The van der Waals surface area contributed by atoms with Crippen LogP contribution in [0.3, 0.4) is 0 Å². The van der Waals surface area contributed by atoms with Crippen LogP contribution in [0.2, 0.25) is 5.02 Å². The molecule has 0 fully saturated rings. The second-order valence-electron chi connectivity index (χ2n) is 3.61. The van der Waals surface area contributed by atoms with Gasteiger partial charge in [0.15, 0.2) is 0 Å². The molecule has 2 rings (SSSR count). The van der Waals surface area contributed by atoms with Crippen LogP contribution < -0.4 is 10.0 Å². The number of nitrogen functional groups attached to an aromatic ring is 1. The van der Waals surface area contributed by atoms with Crippen molar-refractivity contribution in [3.63, 3.8) is 0 Å². The Labute approximate surface area is 115 Å². The van der Waals surface area contributed by atoms with Crippen molar-refractivity contribution in [2.45, 2.75) is 4.21 Å². The predicted molar refractivity (Wildman–Crippen MR) is 75.8 cm³/mol. The number of nitrogens with zero attached hydrogens (tertiary/aromatic N) is 1. The van der Waals surface area contributed by atoms with Gasteiger partial charge in [-0.15, -0.1) is 11.3 Å². The van der Waals surface area contributed by atoms with Crippen molar-refractivity contribution in [3.05, 3.63) is 40.7 Å². The van der Waals surface area contributed by atoms with E-state index in [-0.39, 0.29) is 0 Å². The first-order valence-electron chi connectivity index (χ1n) is 5.00. The first-order chi connectivity index (χ1) is 8.43. The third kappa shape index (κ3) is 2.31. The van der Waals surface area contributed by atoms with Crippen LogP contribution in [0.1, 0.15) is 0 Å². The summed E-state index contributed by atoms with van der Waals surface area (Å²) in [5.74, 6) is 0. The molecule has 0 unspecified atom stereocenters. The van der Waals surface area contributed by atoms with Gasteiger partial charge >= 0.3 is 0 Å². The van der Waals surface area contributed by atoms with E-state index in [1.54, 1.807) is 29.6 Å². The van der Waals surface area contributed by atoms with Crippen LogP contribution in [0.4, 0.5) is 11.4 Å². The fraction of sp³-hybridized carbons (Fsp3) is 0.0909. The highest BCUT2D eigenvalue weighted by molar-refractivity contribution is 7.94. The quantitative estimate of drug-likeness (QED) is 0.887. The van der Waals surface area contributed by atoms with Gasteiger partial charge in [0.05, 0.1) is 16.4 Å². The Morgan fingerprint density at radius 2 is 2.06 bits per heavy atom. The molecule has 1 aromatic heterocycles. The summed E-state index contributed by atoms with van der Waals surface area (Å²) in [6.07, 6.45) is 0. The summed E-state index contributed by atoms with van der Waals surface area (Å²) in [4.78, 5) is 0. The largest absolute Gasteiger partial charge is 0.397 e. The number of sulfonamides is 1. The zero-order valence-electron chi connectivity index (χ0n) is 9.50. The molecule has 0 aliphatic carbocycles. The lowest BCUT2D eigenvalue weighted by atomic mass is 10.3. The Bertz CT molecular complexity index is 654. The molecule has 0 atom stereocenters. The van der Waals surface area contributed by atoms with Crippen LogP contribution in [0.5, 0.6) is 0 Å². The Hall–Kier alpha value is -1.24. The third-order valence-corrected chi connectivity index (χ3v) is 5.96. The Morgan fingerprint density at radius 1 is 1.33 bits per heavy atom. The van der Waals surface area contributed by atoms with Crippen LogP contribution in [-0.2, 0) is 10.0 Å².